The van der Waals surface area contributed by atoms with Gasteiger partial charge in [-0.05, 0) is 30.3 Å². The van der Waals surface area contributed by atoms with Crippen molar-refractivity contribution in [3.05, 3.63) is 99.3 Å². The molecule has 3 aromatic rings. The van der Waals surface area contributed by atoms with Crippen molar-refractivity contribution in [1.82, 2.24) is 5.43 Å². The number of hydrazone groups is 1. The first-order valence-electron chi connectivity index (χ1n) is 9.29. The predicted molar refractivity (Wildman–Crippen MR) is 121 cm³/mol. The molecule has 0 atom stereocenters. The van der Waals surface area contributed by atoms with Gasteiger partial charge in [-0.1, -0.05) is 48.0 Å². The number of para-hydroxylation sites is 2. The Morgan fingerprint density at radius 3 is 2.42 bits per heavy atom. The van der Waals surface area contributed by atoms with Crippen molar-refractivity contribution >= 4 is 45.1 Å². The van der Waals surface area contributed by atoms with E-state index in [1.54, 1.807) is 18.2 Å². The van der Waals surface area contributed by atoms with E-state index in [-0.39, 0.29) is 16.3 Å². The van der Waals surface area contributed by atoms with Crippen LogP contribution in [0.25, 0.3) is 0 Å². The smallest absolute Gasteiger partial charge is 0.271 e. The Morgan fingerprint density at radius 2 is 1.76 bits per heavy atom. The summed E-state index contributed by atoms with van der Waals surface area (Å²) in [4.78, 5) is 22.5. The highest BCUT2D eigenvalue weighted by molar-refractivity contribution is 7.93. The minimum atomic E-state index is -4.52. The molecule has 1 N–H and O–H groups in total. The number of nitrogens with zero attached hydrogens (tertiary/aromatic N) is 3. The number of rotatable bonds is 8. The predicted octanol–water partition coefficient (Wildman–Crippen LogP) is 3.73. The molecule has 0 bridgehead atoms. The van der Waals surface area contributed by atoms with E-state index in [4.69, 9.17) is 11.6 Å². The van der Waals surface area contributed by atoms with E-state index in [9.17, 15) is 27.7 Å². The number of nitro groups is 1. The summed E-state index contributed by atoms with van der Waals surface area (Å²) in [6.45, 7) is -0.749. The fraction of sp³-hybridized carbons (Fsp3) is 0.0476. The van der Waals surface area contributed by atoms with E-state index in [2.05, 4.69) is 10.5 Å². The number of halogens is 2. The summed E-state index contributed by atoms with van der Waals surface area (Å²) in [5.41, 5.74) is 1.52. The Balaban J connectivity index is 1.91. The number of carbonyl (C=O) groups is 1. The Hall–Kier alpha value is -3.83. The van der Waals surface area contributed by atoms with Crippen LogP contribution in [0.4, 0.5) is 15.8 Å². The molecule has 1 amide bonds. The molecule has 0 saturated carbocycles. The van der Waals surface area contributed by atoms with Crippen molar-refractivity contribution in [1.29, 1.82) is 0 Å². The molecular formula is C21H16ClFN4O5S. The van der Waals surface area contributed by atoms with E-state index in [0.717, 1.165) is 28.7 Å². The fourth-order valence-corrected chi connectivity index (χ4v) is 4.62. The van der Waals surface area contributed by atoms with Gasteiger partial charge in [-0.15, -0.1) is 0 Å². The lowest BCUT2D eigenvalue weighted by molar-refractivity contribution is -0.387. The number of carbonyl (C=O) groups excluding carboxylic acids is 1. The lowest BCUT2D eigenvalue weighted by Gasteiger charge is -2.23. The van der Waals surface area contributed by atoms with E-state index in [0.29, 0.717) is 0 Å². The second kappa shape index (κ2) is 10.2. The van der Waals surface area contributed by atoms with Gasteiger partial charge in [0.2, 0.25) is 0 Å². The number of anilines is 1. The summed E-state index contributed by atoms with van der Waals surface area (Å²) in [6, 6.07) is 16.4. The van der Waals surface area contributed by atoms with Crippen molar-refractivity contribution in [2.45, 2.75) is 4.90 Å². The molecule has 3 rings (SSSR count). The minimum Gasteiger partial charge on any atom is -0.271 e. The second-order valence-corrected chi connectivity index (χ2v) is 8.74. The molecule has 0 aliphatic carbocycles. The average molecular weight is 491 g/mol. The lowest BCUT2D eigenvalue weighted by Crippen LogP contribution is -2.39. The third-order valence-electron chi connectivity index (χ3n) is 4.34. The van der Waals surface area contributed by atoms with Gasteiger partial charge < -0.3 is 0 Å². The number of hydrogen-bond donors (Lipinski definition) is 1. The second-order valence-electron chi connectivity index (χ2n) is 6.50. The summed E-state index contributed by atoms with van der Waals surface area (Å²) in [5, 5.41) is 15.1. The minimum absolute atomic E-state index is 0.0630. The summed E-state index contributed by atoms with van der Waals surface area (Å²) >= 11 is 5.89. The molecule has 0 saturated heterocycles. The van der Waals surface area contributed by atoms with Crippen molar-refractivity contribution in [3.63, 3.8) is 0 Å². The van der Waals surface area contributed by atoms with E-state index >= 15 is 0 Å². The van der Waals surface area contributed by atoms with Crippen molar-refractivity contribution in [2.24, 2.45) is 5.10 Å². The van der Waals surface area contributed by atoms with Crippen LogP contribution in [0, 0.1) is 15.9 Å². The molecule has 33 heavy (non-hydrogen) atoms. The van der Waals surface area contributed by atoms with Crippen LogP contribution < -0.4 is 9.73 Å². The quantitative estimate of drug-likeness (QED) is 0.293. The molecule has 9 nitrogen and oxygen atoms in total. The lowest BCUT2D eigenvalue weighted by atomic mass is 10.2. The zero-order chi connectivity index (χ0) is 24.0. The van der Waals surface area contributed by atoms with Gasteiger partial charge in [0.25, 0.3) is 21.6 Å². The Labute approximate surface area is 193 Å². The van der Waals surface area contributed by atoms with Gasteiger partial charge >= 0.3 is 0 Å². The first-order valence-corrected chi connectivity index (χ1v) is 11.1. The molecule has 0 fully saturated rings. The Bertz CT molecular complexity index is 1300. The molecule has 0 spiro atoms. The van der Waals surface area contributed by atoms with Crippen LogP contribution in [-0.4, -0.2) is 32.0 Å². The van der Waals surface area contributed by atoms with Crippen LogP contribution in [-0.2, 0) is 14.8 Å². The first kappa shape index (κ1) is 23.8. The highest BCUT2D eigenvalue weighted by Gasteiger charge is 2.33. The number of sulfonamides is 1. The highest BCUT2D eigenvalue weighted by atomic mass is 35.5. The van der Waals surface area contributed by atoms with Crippen molar-refractivity contribution in [2.75, 3.05) is 10.8 Å². The molecule has 0 unspecified atom stereocenters. The molecular weight excluding hydrogens is 475 g/mol. The van der Waals surface area contributed by atoms with Gasteiger partial charge in [-0.3, -0.25) is 19.2 Å². The first-order chi connectivity index (χ1) is 15.7. The van der Waals surface area contributed by atoms with Crippen LogP contribution >= 0.6 is 11.6 Å². The normalized spacial score (nSPS) is 11.3. The third kappa shape index (κ3) is 5.51. The van der Waals surface area contributed by atoms with Gasteiger partial charge in [-0.2, -0.15) is 5.10 Å². The Morgan fingerprint density at radius 1 is 1.09 bits per heavy atom. The van der Waals surface area contributed by atoms with Crippen LogP contribution in [0.15, 0.2) is 82.8 Å². The average Bonchev–Trinajstić information content (AvgIpc) is 2.80. The number of amides is 1. The zero-order valence-electron chi connectivity index (χ0n) is 16.8. The molecule has 0 aliphatic rings. The van der Waals surface area contributed by atoms with E-state index < -0.39 is 43.8 Å². The number of nitro benzene ring substituents is 1. The highest BCUT2D eigenvalue weighted by Crippen LogP contribution is 2.29. The molecule has 0 heterocycles. The topological polar surface area (TPSA) is 122 Å². The molecule has 0 aliphatic heterocycles. The Kier molecular flexibility index (Phi) is 7.36. The largest absolute Gasteiger partial charge is 0.289 e. The number of benzene rings is 3. The third-order valence-corrected chi connectivity index (χ3v) is 6.49. The van der Waals surface area contributed by atoms with Crippen LogP contribution in [0.2, 0.25) is 5.02 Å². The standard InChI is InChI=1S/C21H16ClFN4O5S/c22-17-9-6-10-18(23)16(17)13-24-25-21(28)14-26(15-7-2-1-3-8-15)33(31,32)20-12-5-4-11-19(20)27(29)30/h1-13H,14H2,(H,25,28)/b24-13-. The fourth-order valence-electron chi connectivity index (χ4n) is 2.82. The maximum atomic E-state index is 13.8. The molecule has 0 radical (unpaired) electrons. The van der Waals surface area contributed by atoms with Crippen LogP contribution in [0.5, 0.6) is 0 Å². The summed E-state index contributed by atoms with van der Waals surface area (Å²) in [7, 11) is -4.52. The van der Waals surface area contributed by atoms with Crippen LogP contribution in [0.1, 0.15) is 5.56 Å². The van der Waals surface area contributed by atoms with E-state index in [1.165, 1.54) is 36.4 Å². The number of hydrogen-bond acceptors (Lipinski definition) is 6. The van der Waals surface area contributed by atoms with Gasteiger partial charge in [0.1, 0.15) is 12.4 Å². The zero-order valence-corrected chi connectivity index (χ0v) is 18.3. The maximum Gasteiger partial charge on any atom is 0.289 e. The summed E-state index contributed by atoms with van der Waals surface area (Å²) < 4.78 is 41.2. The van der Waals surface area contributed by atoms with Crippen LogP contribution in [0.3, 0.4) is 0 Å². The SMILES string of the molecule is O=C(CN(c1ccccc1)S(=O)(=O)c1ccccc1[N+](=O)[O-])N/N=C\c1c(F)cccc1Cl. The number of nitrogens with one attached hydrogen (secondary N) is 1. The molecule has 3 aromatic carbocycles. The van der Waals surface area contributed by atoms with Gasteiger partial charge in [0, 0.05) is 11.6 Å². The van der Waals surface area contributed by atoms with Gasteiger partial charge in [0.15, 0.2) is 4.90 Å². The van der Waals surface area contributed by atoms with Crippen molar-refractivity contribution < 1.29 is 22.5 Å². The maximum absolute atomic E-state index is 13.8. The molecule has 170 valence electrons. The van der Waals surface area contributed by atoms with E-state index in [1.807, 2.05) is 0 Å². The van der Waals surface area contributed by atoms with Gasteiger partial charge in [0.05, 0.1) is 21.8 Å². The van der Waals surface area contributed by atoms with Gasteiger partial charge in [-0.25, -0.2) is 18.2 Å². The molecule has 12 heteroatoms. The summed E-state index contributed by atoms with van der Waals surface area (Å²) in [6.07, 6.45) is 0.985. The monoisotopic (exact) mass is 490 g/mol. The molecule has 0 aromatic heterocycles. The van der Waals surface area contributed by atoms with Crippen molar-refractivity contribution in [3.8, 4) is 0 Å². The summed E-state index contributed by atoms with van der Waals surface area (Å²) in [5.74, 6) is -1.53.